The summed E-state index contributed by atoms with van der Waals surface area (Å²) in [4.78, 5) is 21.2. The number of amidine groups is 1. The van der Waals surface area contributed by atoms with E-state index in [4.69, 9.17) is 21.4 Å². The lowest BCUT2D eigenvalue weighted by atomic mass is 10.0. The van der Waals surface area contributed by atoms with Crippen LogP contribution < -0.4 is 5.73 Å². The number of carbonyl (C=O) groups is 2. The molecule has 1 aromatic carbocycles. The number of H-pyrrole nitrogens is 1. The highest BCUT2D eigenvalue weighted by molar-refractivity contribution is 5.96. The molecule has 0 fully saturated rings. The van der Waals surface area contributed by atoms with Crippen molar-refractivity contribution in [1.29, 1.82) is 5.41 Å². The van der Waals surface area contributed by atoms with Crippen molar-refractivity contribution in [3.8, 4) is 0 Å². The summed E-state index contributed by atoms with van der Waals surface area (Å²) in [6.07, 6.45) is 1.62. The third-order valence-electron chi connectivity index (χ3n) is 2.57. The van der Waals surface area contributed by atoms with Crippen molar-refractivity contribution in [2.24, 2.45) is 5.73 Å². The van der Waals surface area contributed by atoms with Crippen LogP contribution in [0.1, 0.15) is 32.0 Å². The summed E-state index contributed by atoms with van der Waals surface area (Å²) in [7, 11) is 0. The maximum Gasteiger partial charge on any atom is 0.335 e. The first-order valence-corrected chi connectivity index (χ1v) is 5.75. The number of carboxylic acid groups (broad SMARTS) is 2. The number of benzene rings is 1. The monoisotopic (exact) mass is 290 g/mol. The van der Waals surface area contributed by atoms with Gasteiger partial charge in [0, 0.05) is 6.20 Å². The fourth-order valence-corrected chi connectivity index (χ4v) is 1.51. The average Bonchev–Trinajstić information content (AvgIpc) is 2.93. The minimum absolute atomic E-state index is 0.00810. The molecule has 1 heterocycles. The molecule has 0 saturated heterocycles. The summed E-state index contributed by atoms with van der Waals surface area (Å²) in [5.74, 6) is -2.23. The van der Waals surface area contributed by atoms with E-state index in [1.807, 2.05) is 0 Å². The van der Waals surface area contributed by atoms with Crippen LogP contribution in [0.25, 0.3) is 0 Å². The summed E-state index contributed by atoms with van der Waals surface area (Å²) >= 11 is 0. The number of aromatic nitrogens is 2. The Labute approximate surface area is 119 Å². The van der Waals surface area contributed by atoms with Gasteiger partial charge >= 0.3 is 11.9 Å². The molecule has 21 heavy (non-hydrogen) atoms. The topological polar surface area (TPSA) is 153 Å². The smallest absolute Gasteiger partial charge is 0.335 e. The van der Waals surface area contributed by atoms with Gasteiger partial charge in [0.15, 0.2) is 0 Å². The van der Waals surface area contributed by atoms with Gasteiger partial charge in [0.05, 0.1) is 11.1 Å². The van der Waals surface area contributed by atoms with Gasteiger partial charge in [0.1, 0.15) is 11.5 Å². The van der Waals surface area contributed by atoms with Gasteiger partial charge in [-0.1, -0.05) is 6.07 Å². The Morgan fingerprint density at radius 1 is 1.19 bits per heavy atom. The van der Waals surface area contributed by atoms with E-state index in [9.17, 15) is 9.59 Å². The molecule has 0 spiro atoms. The Kier molecular flexibility index (Phi) is 5.18. The molecular weight excluding hydrogens is 276 g/mol. The summed E-state index contributed by atoms with van der Waals surface area (Å²) < 4.78 is 0. The highest BCUT2D eigenvalue weighted by Crippen LogP contribution is 2.13. The predicted molar refractivity (Wildman–Crippen MR) is 74.7 cm³/mol. The summed E-state index contributed by atoms with van der Waals surface area (Å²) in [5, 5.41) is 30.4. The second kappa shape index (κ2) is 6.85. The molecule has 0 aliphatic heterocycles. The quantitative estimate of drug-likeness (QED) is 0.421. The number of aromatic amines is 1. The van der Waals surface area contributed by atoms with Gasteiger partial charge in [-0.3, -0.25) is 10.5 Å². The Morgan fingerprint density at radius 3 is 2.00 bits per heavy atom. The number of hydrogen-bond acceptors (Lipinski definition) is 4. The third kappa shape index (κ3) is 4.16. The number of nitrogens with two attached hydrogens (primary N) is 1. The Balaban J connectivity index is 0.000000235. The van der Waals surface area contributed by atoms with E-state index in [0.717, 1.165) is 0 Å². The summed E-state index contributed by atoms with van der Waals surface area (Å²) in [6, 6.07) is 5.82. The molecule has 110 valence electrons. The van der Waals surface area contributed by atoms with Crippen LogP contribution in [0.5, 0.6) is 0 Å². The van der Waals surface area contributed by atoms with Crippen LogP contribution in [0.4, 0.5) is 0 Å². The predicted octanol–water partition coefficient (Wildman–Crippen LogP) is 1.09. The summed E-state index contributed by atoms with van der Waals surface area (Å²) in [6.45, 7) is 1.48. The molecule has 0 radical (unpaired) electrons. The highest BCUT2D eigenvalue weighted by Gasteiger charge is 2.13. The zero-order chi connectivity index (χ0) is 16.0. The molecule has 2 aromatic rings. The maximum absolute atomic E-state index is 10.6. The number of aromatic carboxylic acids is 2. The van der Waals surface area contributed by atoms with E-state index in [1.165, 1.54) is 25.1 Å². The first kappa shape index (κ1) is 15.9. The van der Waals surface area contributed by atoms with E-state index < -0.39 is 11.9 Å². The van der Waals surface area contributed by atoms with E-state index in [-0.39, 0.29) is 22.5 Å². The van der Waals surface area contributed by atoms with Crippen LogP contribution in [0.2, 0.25) is 0 Å². The minimum Gasteiger partial charge on any atom is -0.478 e. The van der Waals surface area contributed by atoms with Gasteiger partial charge in [-0.25, -0.2) is 9.59 Å². The SMILES string of the molecule is Cc1c(C(=O)O)cccc1C(=O)O.N=C(N)c1cc[nH]n1. The van der Waals surface area contributed by atoms with Crippen molar-refractivity contribution >= 4 is 17.8 Å². The lowest BCUT2D eigenvalue weighted by Crippen LogP contribution is -2.11. The molecule has 0 saturated carbocycles. The van der Waals surface area contributed by atoms with Gasteiger partial charge in [0.2, 0.25) is 0 Å². The standard InChI is InChI=1S/C9H8O4.C4H6N4/c1-5-6(8(10)11)3-2-4-7(5)9(12)13;5-4(6)3-1-2-7-8-3/h2-4H,1H3,(H,10,11)(H,12,13);1-2H,(H3,5,6)(H,7,8). The number of nitrogens with zero attached hydrogens (tertiary/aromatic N) is 1. The molecule has 0 atom stereocenters. The van der Waals surface area contributed by atoms with Crippen LogP contribution in [0.15, 0.2) is 30.5 Å². The van der Waals surface area contributed by atoms with E-state index in [0.29, 0.717) is 5.69 Å². The van der Waals surface area contributed by atoms with Gasteiger partial charge in [-0.05, 0) is 30.7 Å². The van der Waals surface area contributed by atoms with E-state index in [1.54, 1.807) is 12.3 Å². The Hall–Kier alpha value is -3.16. The van der Waals surface area contributed by atoms with Gasteiger partial charge in [-0.2, -0.15) is 5.10 Å². The van der Waals surface area contributed by atoms with Crippen LogP contribution in [0, 0.1) is 12.3 Å². The fourth-order valence-electron chi connectivity index (χ4n) is 1.51. The van der Waals surface area contributed by atoms with Crippen LogP contribution in [-0.2, 0) is 0 Å². The largest absolute Gasteiger partial charge is 0.478 e. The molecule has 0 amide bonds. The highest BCUT2D eigenvalue weighted by atomic mass is 16.4. The average molecular weight is 290 g/mol. The fraction of sp³-hybridized carbons (Fsp3) is 0.0769. The molecule has 2 rings (SSSR count). The van der Waals surface area contributed by atoms with Crippen molar-refractivity contribution in [2.45, 2.75) is 6.92 Å². The molecule has 0 bridgehead atoms. The first-order chi connectivity index (χ1) is 9.84. The van der Waals surface area contributed by atoms with Gasteiger partial charge < -0.3 is 15.9 Å². The molecule has 0 unspecified atom stereocenters. The van der Waals surface area contributed by atoms with Crippen LogP contribution in [-0.4, -0.2) is 38.2 Å². The van der Waals surface area contributed by atoms with Gasteiger partial charge in [-0.15, -0.1) is 0 Å². The Morgan fingerprint density at radius 2 is 1.71 bits per heavy atom. The lowest BCUT2D eigenvalue weighted by molar-refractivity contribution is 0.0696. The second-order valence-electron chi connectivity index (χ2n) is 3.96. The van der Waals surface area contributed by atoms with Gasteiger partial charge in [0.25, 0.3) is 0 Å². The number of nitrogen functional groups attached to an aromatic ring is 1. The van der Waals surface area contributed by atoms with Crippen molar-refractivity contribution in [1.82, 2.24) is 10.2 Å². The number of carboxylic acids is 2. The van der Waals surface area contributed by atoms with Crippen molar-refractivity contribution in [3.05, 3.63) is 52.8 Å². The van der Waals surface area contributed by atoms with Crippen LogP contribution >= 0.6 is 0 Å². The number of hydrogen-bond donors (Lipinski definition) is 5. The zero-order valence-electron chi connectivity index (χ0n) is 11.1. The summed E-state index contributed by atoms with van der Waals surface area (Å²) in [5.41, 5.74) is 5.89. The molecule has 8 nitrogen and oxygen atoms in total. The maximum atomic E-state index is 10.6. The number of nitrogens with one attached hydrogen (secondary N) is 2. The van der Waals surface area contributed by atoms with Crippen LogP contribution in [0.3, 0.4) is 0 Å². The van der Waals surface area contributed by atoms with Crippen molar-refractivity contribution < 1.29 is 19.8 Å². The molecule has 0 aliphatic carbocycles. The zero-order valence-corrected chi connectivity index (χ0v) is 11.1. The third-order valence-corrected chi connectivity index (χ3v) is 2.57. The molecular formula is C13H14N4O4. The van der Waals surface area contributed by atoms with Crippen molar-refractivity contribution in [3.63, 3.8) is 0 Å². The normalized spacial score (nSPS) is 9.38. The Bertz CT molecular complexity index is 633. The molecule has 0 aliphatic rings. The molecule has 6 N–H and O–H groups in total. The first-order valence-electron chi connectivity index (χ1n) is 5.75. The number of rotatable bonds is 3. The molecule has 1 aromatic heterocycles. The van der Waals surface area contributed by atoms with E-state index in [2.05, 4.69) is 10.2 Å². The minimum atomic E-state index is -1.11. The van der Waals surface area contributed by atoms with Crippen molar-refractivity contribution in [2.75, 3.05) is 0 Å². The molecule has 8 heteroatoms. The van der Waals surface area contributed by atoms with E-state index >= 15 is 0 Å². The lowest BCUT2D eigenvalue weighted by Gasteiger charge is -2.03. The second-order valence-corrected chi connectivity index (χ2v) is 3.96.